The molecule has 1 nitrogen and oxygen atoms in total. The Morgan fingerprint density at radius 3 is 2.00 bits per heavy atom. The van der Waals surface area contributed by atoms with E-state index in [4.69, 9.17) is 5.73 Å². The second-order valence-corrected chi connectivity index (χ2v) is 5.60. The van der Waals surface area contributed by atoms with Crippen LogP contribution in [0.2, 0.25) is 0 Å². The van der Waals surface area contributed by atoms with Crippen molar-refractivity contribution in [2.45, 2.75) is 30.2 Å². The Kier molecular flexibility index (Phi) is 2.22. The van der Waals surface area contributed by atoms with E-state index in [0.717, 1.165) is 4.47 Å². The third-order valence-corrected chi connectivity index (χ3v) is 4.06. The first-order valence-electron chi connectivity index (χ1n) is 4.67. The summed E-state index contributed by atoms with van der Waals surface area (Å²) in [6.07, 6.45) is 3.59. The van der Waals surface area contributed by atoms with Gasteiger partial charge in [0.2, 0.25) is 0 Å². The molecule has 2 bridgehead atoms. The molecule has 14 heavy (non-hydrogen) atoms. The highest BCUT2D eigenvalue weighted by Gasteiger charge is 2.66. The van der Waals surface area contributed by atoms with Crippen molar-refractivity contribution >= 4 is 28.3 Å². The standard InChI is InChI=1S/C11H12BrN.ClH/c12-9-3-1-8(2-4-9)10-5-11(13,6-10)7-10;/h1-4H,5-7,13H2;1H. The lowest BCUT2D eigenvalue weighted by Gasteiger charge is -2.69. The number of hydrogen-bond donors (Lipinski definition) is 1. The second-order valence-electron chi connectivity index (χ2n) is 4.68. The summed E-state index contributed by atoms with van der Waals surface area (Å²) in [6.45, 7) is 0. The van der Waals surface area contributed by atoms with Crippen LogP contribution in [0.3, 0.4) is 0 Å². The van der Waals surface area contributed by atoms with Crippen LogP contribution in [0.15, 0.2) is 28.7 Å². The maximum Gasteiger partial charge on any atom is 0.0179 e. The van der Waals surface area contributed by atoms with Crippen LogP contribution < -0.4 is 5.73 Å². The van der Waals surface area contributed by atoms with Crippen LogP contribution in [-0.2, 0) is 5.41 Å². The molecule has 4 rings (SSSR count). The predicted molar refractivity (Wildman–Crippen MR) is 63.8 cm³/mol. The number of hydrogen-bond acceptors (Lipinski definition) is 1. The highest BCUT2D eigenvalue weighted by Crippen LogP contribution is 2.66. The Morgan fingerprint density at radius 1 is 1.07 bits per heavy atom. The molecule has 3 aliphatic carbocycles. The molecule has 0 amide bonds. The van der Waals surface area contributed by atoms with Crippen LogP contribution in [0, 0.1) is 0 Å². The van der Waals surface area contributed by atoms with Gasteiger partial charge in [-0.25, -0.2) is 0 Å². The summed E-state index contributed by atoms with van der Waals surface area (Å²) in [5.41, 5.74) is 8.19. The Hall–Kier alpha value is -0.0500. The average molecular weight is 275 g/mol. The molecular formula is C11H13BrClN. The monoisotopic (exact) mass is 273 g/mol. The predicted octanol–water partition coefficient (Wildman–Crippen LogP) is 3.00. The molecule has 0 heterocycles. The molecule has 0 atom stereocenters. The third kappa shape index (κ3) is 1.24. The van der Waals surface area contributed by atoms with Crippen LogP contribution >= 0.6 is 28.3 Å². The summed E-state index contributed by atoms with van der Waals surface area (Å²) in [5.74, 6) is 0. The number of rotatable bonds is 1. The maximum absolute atomic E-state index is 6.03. The Labute approximate surface area is 98.6 Å². The molecule has 0 aliphatic heterocycles. The number of nitrogens with two attached hydrogens (primary N) is 1. The van der Waals surface area contributed by atoms with Gasteiger partial charge in [-0.15, -0.1) is 12.4 Å². The van der Waals surface area contributed by atoms with Gasteiger partial charge in [-0.1, -0.05) is 28.1 Å². The number of halogens is 2. The van der Waals surface area contributed by atoms with Crippen LogP contribution in [0.25, 0.3) is 0 Å². The van der Waals surface area contributed by atoms with Gasteiger partial charge in [-0.2, -0.15) is 0 Å². The normalized spacial score (nSPS) is 37.9. The third-order valence-electron chi connectivity index (χ3n) is 3.53. The van der Waals surface area contributed by atoms with Crippen molar-refractivity contribution < 1.29 is 0 Å². The molecule has 0 saturated heterocycles. The van der Waals surface area contributed by atoms with Gasteiger partial charge in [0, 0.05) is 15.4 Å². The van der Waals surface area contributed by atoms with Crippen molar-refractivity contribution in [2.75, 3.05) is 0 Å². The van der Waals surface area contributed by atoms with Crippen LogP contribution in [0.4, 0.5) is 0 Å². The van der Waals surface area contributed by atoms with Crippen molar-refractivity contribution in [3.63, 3.8) is 0 Å². The maximum atomic E-state index is 6.03. The van der Waals surface area contributed by atoms with Crippen LogP contribution in [0.1, 0.15) is 24.8 Å². The van der Waals surface area contributed by atoms with Crippen LogP contribution in [-0.4, -0.2) is 5.54 Å². The summed E-state index contributed by atoms with van der Waals surface area (Å²) < 4.78 is 1.16. The van der Waals surface area contributed by atoms with E-state index in [1.165, 1.54) is 24.8 Å². The van der Waals surface area contributed by atoms with E-state index in [1.807, 2.05) is 0 Å². The molecule has 3 fully saturated rings. The Bertz CT molecular complexity index is 340. The quantitative estimate of drug-likeness (QED) is 0.837. The van der Waals surface area contributed by atoms with Gasteiger partial charge in [-0.05, 0) is 37.0 Å². The molecule has 0 aromatic heterocycles. The fraction of sp³-hybridized carbons (Fsp3) is 0.455. The fourth-order valence-corrected chi connectivity index (χ4v) is 3.24. The summed E-state index contributed by atoms with van der Waals surface area (Å²) >= 11 is 3.45. The highest BCUT2D eigenvalue weighted by atomic mass is 79.9. The number of benzene rings is 1. The minimum Gasteiger partial charge on any atom is -0.325 e. The molecule has 0 unspecified atom stereocenters. The average Bonchev–Trinajstić information content (AvgIpc) is 1.99. The lowest BCUT2D eigenvalue weighted by molar-refractivity contribution is -0.0590. The van der Waals surface area contributed by atoms with Crippen molar-refractivity contribution in [3.05, 3.63) is 34.3 Å². The van der Waals surface area contributed by atoms with Gasteiger partial charge in [0.05, 0.1) is 0 Å². The van der Waals surface area contributed by atoms with Gasteiger partial charge in [-0.3, -0.25) is 0 Å². The SMILES string of the molecule is Cl.NC12CC(c3ccc(Br)cc3)(C1)C2. The zero-order valence-corrected chi connectivity index (χ0v) is 10.2. The minimum absolute atomic E-state index is 0. The van der Waals surface area contributed by atoms with Gasteiger partial charge in [0.15, 0.2) is 0 Å². The van der Waals surface area contributed by atoms with Crippen LogP contribution in [0.5, 0.6) is 0 Å². The lowest BCUT2D eigenvalue weighted by atomic mass is 9.38. The second kappa shape index (κ2) is 2.97. The molecule has 1 aromatic carbocycles. The summed E-state index contributed by atoms with van der Waals surface area (Å²) in [5, 5.41) is 0. The fourth-order valence-electron chi connectivity index (χ4n) is 2.98. The molecule has 0 radical (unpaired) electrons. The Balaban J connectivity index is 0.000000750. The van der Waals surface area contributed by atoms with E-state index in [1.54, 1.807) is 0 Å². The molecule has 1 aromatic rings. The van der Waals surface area contributed by atoms with Crippen molar-refractivity contribution in [2.24, 2.45) is 5.73 Å². The molecule has 2 N–H and O–H groups in total. The molecular weight excluding hydrogens is 261 g/mol. The topological polar surface area (TPSA) is 26.0 Å². The largest absolute Gasteiger partial charge is 0.325 e. The van der Waals surface area contributed by atoms with E-state index in [0.29, 0.717) is 5.41 Å². The molecule has 3 saturated carbocycles. The summed E-state index contributed by atoms with van der Waals surface area (Å²) in [7, 11) is 0. The smallest absolute Gasteiger partial charge is 0.0179 e. The first kappa shape index (κ1) is 10.5. The van der Waals surface area contributed by atoms with Gasteiger partial charge in [0.1, 0.15) is 0 Å². The Morgan fingerprint density at radius 2 is 1.57 bits per heavy atom. The highest BCUT2D eigenvalue weighted by molar-refractivity contribution is 9.10. The van der Waals surface area contributed by atoms with Gasteiger partial charge < -0.3 is 5.73 Å². The molecule has 0 spiro atoms. The molecule has 3 aliphatic rings. The van der Waals surface area contributed by atoms with Crippen molar-refractivity contribution in [1.29, 1.82) is 0 Å². The van der Waals surface area contributed by atoms with E-state index >= 15 is 0 Å². The van der Waals surface area contributed by atoms with Crippen molar-refractivity contribution in [3.8, 4) is 0 Å². The van der Waals surface area contributed by atoms with Gasteiger partial charge in [0.25, 0.3) is 0 Å². The zero-order chi connectivity index (χ0) is 9.10. The van der Waals surface area contributed by atoms with E-state index in [2.05, 4.69) is 40.2 Å². The zero-order valence-electron chi connectivity index (χ0n) is 7.79. The first-order chi connectivity index (χ1) is 6.12. The minimum atomic E-state index is 0. The van der Waals surface area contributed by atoms with Crippen molar-refractivity contribution in [1.82, 2.24) is 0 Å². The first-order valence-corrected chi connectivity index (χ1v) is 5.46. The molecule has 3 heteroatoms. The van der Waals surface area contributed by atoms with E-state index < -0.39 is 0 Å². The molecule has 76 valence electrons. The summed E-state index contributed by atoms with van der Waals surface area (Å²) in [6, 6.07) is 8.70. The lowest BCUT2D eigenvalue weighted by Crippen LogP contribution is -2.74. The van der Waals surface area contributed by atoms with E-state index in [-0.39, 0.29) is 17.9 Å². The summed E-state index contributed by atoms with van der Waals surface area (Å²) in [4.78, 5) is 0. The van der Waals surface area contributed by atoms with Gasteiger partial charge >= 0.3 is 0 Å². The van der Waals surface area contributed by atoms with E-state index in [9.17, 15) is 0 Å².